The largest absolute Gasteiger partial charge is 0.495 e. The fourth-order valence-corrected chi connectivity index (χ4v) is 3.27. The second-order valence-electron chi connectivity index (χ2n) is 5.44. The van der Waals surface area contributed by atoms with Gasteiger partial charge in [-0.15, -0.1) is 0 Å². The summed E-state index contributed by atoms with van der Waals surface area (Å²) in [6.45, 7) is 2.64. The summed E-state index contributed by atoms with van der Waals surface area (Å²) in [4.78, 5) is 12.0. The van der Waals surface area contributed by atoms with Crippen LogP contribution < -0.4 is 14.8 Å². The highest BCUT2D eigenvalue weighted by Crippen LogP contribution is 2.26. The van der Waals surface area contributed by atoms with Crippen LogP contribution >= 0.6 is 0 Å². The number of methoxy groups -OCH3 is 1. The molecule has 0 saturated heterocycles. The number of carbonyl (C=O) groups is 1. The van der Waals surface area contributed by atoms with Gasteiger partial charge >= 0.3 is 0 Å². The number of unbranched alkanes of at least 4 members (excludes halogenated alkanes) is 1. The van der Waals surface area contributed by atoms with Crippen LogP contribution in [-0.4, -0.2) is 28.0 Å². The van der Waals surface area contributed by atoms with E-state index in [1.54, 1.807) is 24.3 Å². The van der Waals surface area contributed by atoms with Crippen LogP contribution in [0.3, 0.4) is 0 Å². The lowest BCUT2D eigenvalue weighted by molar-refractivity contribution is 0.0953. The molecule has 134 valence electrons. The average Bonchev–Trinajstić information content (AvgIpc) is 2.62. The first-order chi connectivity index (χ1) is 12.0. The minimum absolute atomic E-state index is 0.0727. The van der Waals surface area contributed by atoms with E-state index in [1.807, 2.05) is 6.92 Å². The Morgan fingerprint density at radius 3 is 2.40 bits per heavy atom. The Kier molecular flexibility index (Phi) is 6.41. The number of ether oxygens (including phenoxy) is 1. The van der Waals surface area contributed by atoms with Gasteiger partial charge in [0.2, 0.25) is 0 Å². The van der Waals surface area contributed by atoms with Crippen LogP contribution in [0.25, 0.3) is 0 Å². The number of hydrogen-bond acceptors (Lipinski definition) is 4. The second-order valence-corrected chi connectivity index (χ2v) is 7.12. The van der Waals surface area contributed by atoms with E-state index in [9.17, 15) is 13.2 Å². The van der Waals surface area contributed by atoms with Crippen LogP contribution in [0.1, 0.15) is 30.1 Å². The highest BCUT2D eigenvalue weighted by molar-refractivity contribution is 7.92. The molecule has 6 nitrogen and oxygen atoms in total. The summed E-state index contributed by atoms with van der Waals surface area (Å²) in [5.74, 6) is 0.216. The Morgan fingerprint density at radius 1 is 1.08 bits per heavy atom. The maximum Gasteiger partial charge on any atom is 0.262 e. The number of sulfonamides is 1. The molecule has 0 atom stereocenters. The smallest absolute Gasteiger partial charge is 0.262 e. The maximum atomic E-state index is 12.5. The topological polar surface area (TPSA) is 84.5 Å². The molecule has 2 rings (SSSR count). The predicted octanol–water partition coefficient (Wildman–Crippen LogP) is 3.03. The Morgan fingerprint density at radius 2 is 1.76 bits per heavy atom. The molecule has 0 radical (unpaired) electrons. The van der Waals surface area contributed by atoms with Crippen LogP contribution in [0.5, 0.6) is 5.75 Å². The van der Waals surface area contributed by atoms with Gasteiger partial charge in [0.1, 0.15) is 5.75 Å². The molecule has 0 aliphatic rings. The normalized spacial score (nSPS) is 11.0. The van der Waals surface area contributed by atoms with Crippen molar-refractivity contribution in [3.63, 3.8) is 0 Å². The van der Waals surface area contributed by atoms with Gasteiger partial charge in [-0.05, 0) is 42.8 Å². The molecule has 2 aromatic rings. The van der Waals surface area contributed by atoms with E-state index >= 15 is 0 Å². The van der Waals surface area contributed by atoms with Crippen molar-refractivity contribution in [2.24, 2.45) is 0 Å². The fourth-order valence-electron chi connectivity index (χ4n) is 2.20. The molecule has 0 fully saturated rings. The Bertz CT molecular complexity index is 817. The molecule has 2 N–H and O–H groups in total. The third-order valence-corrected chi connectivity index (χ3v) is 4.98. The monoisotopic (exact) mass is 362 g/mol. The van der Waals surface area contributed by atoms with Crippen molar-refractivity contribution >= 4 is 21.6 Å². The van der Waals surface area contributed by atoms with Crippen molar-refractivity contribution in [3.05, 3.63) is 54.1 Å². The number of rotatable bonds is 8. The zero-order valence-corrected chi connectivity index (χ0v) is 15.1. The Balaban J connectivity index is 2.13. The van der Waals surface area contributed by atoms with Gasteiger partial charge in [0, 0.05) is 12.1 Å². The lowest BCUT2D eigenvalue weighted by atomic mass is 10.2. The van der Waals surface area contributed by atoms with Crippen molar-refractivity contribution in [2.75, 3.05) is 18.4 Å². The molecule has 0 unspecified atom stereocenters. The number of nitrogens with one attached hydrogen (secondary N) is 2. The Hall–Kier alpha value is -2.54. The maximum absolute atomic E-state index is 12.5. The van der Waals surface area contributed by atoms with E-state index in [4.69, 9.17) is 4.74 Å². The minimum Gasteiger partial charge on any atom is -0.495 e. The van der Waals surface area contributed by atoms with Gasteiger partial charge in [-0.25, -0.2) is 8.42 Å². The number of benzene rings is 2. The van der Waals surface area contributed by atoms with Gasteiger partial charge in [0.25, 0.3) is 15.9 Å². The number of para-hydroxylation sites is 2. The molecular formula is C18H22N2O4S. The summed E-state index contributed by atoms with van der Waals surface area (Å²) < 4.78 is 32.6. The quantitative estimate of drug-likeness (QED) is 0.707. The van der Waals surface area contributed by atoms with Crippen LogP contribution in [0.15, 0.2) is 53.4 Å². The van der Waals surface area contributed by atoms with E-state index in [-0.39, 0.29) is 10.8 Å². The number of hydrogen-bond donors (Lipinski definition) is 2. The van der Waals surface area contributed by atoms with Crippen molar-refractivity contribution in [1.29, 1.82) is 0 Å². The van der Waals surface area contributed by atoms with Crippen molar-refractivity contribution in [3.8, 4) is 5.75 Å². The van der Waals surface area contributed by atoms with E-state index in [2.05, 4.69) is 10.0 Å². The number of carbonyl (C=O) groups excluding carboxylic acids is 1. The van der Waals surface area contributed by atoms with Gasteiger partial charge < -0.3 is 10.1 Å². The van der Waals surface area contributed by atoms with Crippen LogP contribution in [0, 0.1) is 0 Å². The van der Waals surface area contributed by atoms with E-state index in [0.29, 0.717) is 23.5 Å². The van der Waals surface area contributed by atoms with Gasteiger partial charge in [-0.1, -0.05) is 25.5 Å². The molecular weight excluding hydrogens is 340 g/mol. The first-order valence-corrected chi connectivity index (χ1v) is 9.50. The van der Waals surface area contributed by atoms with Crippen LogP contribution in [0.2, 0.25) is 0 Å². The van der Waals surface area contributed by atoms with Gasteiger partial charge in [-0.3, -0.25) is 9.52 Å². The third-order valence-electron chi connectivity index (χ3n) is 3.59. The predicted molar refractivity (Wildman–Crippen MR) is 97.5 cm³/mol. The molecule has 0 saturated carbocycles. The zero-order valence-electron chi connectivity index (χ0n) is 14.3. The zero-order chi connectivity index (χ0) is 18.3. The van der Waals surface area contributed by atoms with Gasteiger partial charge in [-0.2, -0.15) is 0 Å². The molecule has 0 aliphatic carbocycles. The average molecular weight is 362 g/mol. The fraction of sp³-hybridized carbons (Fsp3) is 0.278. The van der Waals surface area contributed by atoms with Crippen LogP contribution in [-0.2, 0) is 10.0 Å². The second kappa shape index (κ2) is 8.53. The summed E-state index contributed by atoms with van der Waals surface area (Å²) in [5, 5.41) is 2.79. The number of anilines is 1. The molecule has 0 aromatic heterocycles. The van der Waals surface area contributed by atoms with Crippen molar-refractivity contribution < 1.29 is 17.9 Å². The highest BCUT2D eigenvalue weighted by Gasteiger charge is 2.17. The summed E-state index contributed by atoms with van der Waals surface area (Å²) in [5.41, 5.74) is 0.777. The lowest BCUT2D eigenvalue weighted by Gasteiger charge is -2.12. The van der Waals surface area contributed by atoms with E-state index in [0.717, 1.165) is 12.8 Å². The molecule has 25 heavy (non-hydrogen) atoms. The Labute approximate surface area is 148 Å². The van der Waals surface area contributed by atoms with Gasteiger partial charge in [0.15, 0.2) is 0 Å². The van der Waals surface area contributed by atoms with Crippen molar-refractivity contribution in [2.45, 2.75) is 24.7 Å². The molecule has 0 heterocycles. The molecule has 0 aliphatic heterocycles. The van der Waals surface area contributed by atoms with E-state index < -0.39 is 10.0 Å². The molecule has 2 aromatic carbocycles. The minimum atomic E-state index is -3.77. The molecule has 7 heteroatoms. The highest BCUT2D eigenvalue weighted by atomic mass is 32.2. The first-order valence-electron chi connectivity index (χ1n) is 8.02. The molecule has 0 spiro atoms. The van der Waals surface area contributed by atoms with Crippen LogP contribution in [0.4, 0.5) is 5.69 Å². The van der Waals surface area contributed by atoms with Gasteiger partial charge in [0.05, 0.1) is 17.7 Å². The molecule has 1 amide bonds. The van der Waals surface area contributed by atoms with Crippen molar-refractivity contribution in [1.82, 2.24) is 5.32 Å². The summed E-state index contributed by atoms with van der Waals surface area (Å²) in [6, 6.07) is 12.6. The number of amides is 1. The first kappa shape index (κ1) is 18.8. The lowest BCUT2D eigenvalue weighted by Crippen LogP contribution is -2.24. The summed E-state index contributed by atoms with van der Waals surface area (Å²) in [6.07, 6.45) is 1.90. The SMILES string of the molecule is CCCCNC(=O)c1ccc(S(=O)(=O)Nc2ccccc2OC)cc1. The summed E-state index contributed by atoms with van der Waals surface area (Å²) in [7, 11) is -2.30. The standard InChI is InChI=1S/C18H22N2O4S/c1-3-4-13-19-18(21)14-9-11-15(12-10-14)25(22,23)20-16-7-5-6-8-17(16)24-2/h5-12,20H,3-4,13H2,1-2H3,(H,19,21). The summed E-state index contributed by atoms with van der Waals surface area (Å²) >= 11 is 0. The molecule has 0 bridgehead atoms. The van der Waals surface area contributed by atoms with E-state index in [1.165, 1.54) is 31.4 Å². The third kappa shape index (κ3) is 4.96.